The third-order valence-corrected chi connectivity index (χ3v) is 4.53. The lowest BCUT2D eigenvalue weighted by atomic mass is 9.46. The van der Waals surface area contributed by atoms with E-state index < -0.39 is 0 Å². The monoisotopic (exact) mass is 195 g/mol. The number of methoxy groups -OCH3 is 1. The molecule has 14 heavy (non-hydrogen) atoms. The van der Waals surface area contributed by atoms with E-state index in [-0.39, 0.29) is 0 Å². The summed E-state index contributed by atoms with van der Waals surface area (Å²) in [5, 5.41) is 8.17. The molecular weight excluding hydrogens is 174 g/mol. The highest BCUT2D eigenvalue weighted by atomic mass is 16.5. The first-order chi connectivity index (χ1) is 6.57. The van der Waals surface area contributed by atoms with Crippen molar-refractivity contribution in [3.05, 3.63) is 0 Å². The molecule has 3 aliphatic rings. The van der Waals surface area contributed by atoms with Crippen molar-refractivity contribution >= 4 is 5.71 Å². The van der Waals surface area contributed by atoms with Crippen LogP contribution in [0.2, 0.25) is 0 Å². The first kappa shape index (κ1) is 10.2. The van der Waals surface area contributed by atoms with E-state index in [1.807, 2.05) is 0 Å². The zero-order chi connectivity index (χ0) is 10.3. The Labute approximate surface area is 86.5 Å². The highest BCUT2D eigenvalue weighted by molar-refractivity contribution is 5.89. The zero-order valence-electron chi connectivity index (χ0n) is 9.47. The maximum absolute atomic E-state index is 8.17. The van der Waals surface area contributed by atoms with Crippen molar-refractivity contribution in [3.63, 3.8) is 0 Å². The Morgan fingerprint density at radius 2 is 2.14 bits per heavy atom. The van der Waals surface area contributed by atoms with Gasteiger partial charge in [0.25, 0.3) is 0 Å². The lowest BCUT2D eigenvalue weighted by Gasteiger charge is -2.59. The first-order valence-electron chi connectivity index (χ1n) is 5.64. The SMILES string of the molecule is COCC[C@H]1C[C@H]2C[C@@H](C1=N)C2(C)C. The lowest BCUT2D eigenvalue weighted by Crippen LogP contribution is -2.56. The van der Waals surface area contributed by atoms with Crippen LogP contribution in [0.1, 0.15) is 33.1 Å². The Balaban J connectivity index is 1.98. The van der Waals surface area contributed by atoms with Crippen molar-refractivity contribution in [1.29, 1.82) is 5.41 Å². The van der Waals surface area contributed by atoms with Crippen LogP contribution in [-0.2, 0) is 4.74 Å². The summed E-state index contributed by atoms with van der Waals surface area (Å²) in [6.07, 6.45) is 3.55. The van der Waals surface area contributed by atoms with Crippen LogP contribution in [0, 0.1) is 28.6 Å². The fourth-order valence-electron chi connectivity index (χ4n) is 3.23. The molecule has 0 radical (unpaired) electrons. The van der Waals surface area contributed by atoms with Crippen LogP contribution in [-0.4, -0.2) is 19.4 Å². The molecule has 2 bridgehead atoms. The maximum Gasteiger partial charge on any atom is 0.0468 e. The molecule has 0 unspecified atom stereocenters. The predicted molar refractivity (Wildman–Crippen MR) is 57.7 cm³/mol. The van der Waals surface area contributed by atoms with Gasteiger partial charge >= 0.3 is 0 Å². The Morgan fingerprint density at radius 1 is 1.43 bits per heavy atom. The molecule has 0 amide bonds. The molecule has 0 saturated heterocycles. The third kappa shape index (κ3) is 1.31. The second-order valence-corrected chi connectivity index (χ2v) is 5.48. The Hall–Kier alpha value is -0.370. The summed E-state index contributed by atoms with van der Waals surface area (Å²) in [6.45, 7) is 5.47. The normalized spacial score (nSPS) is 39.4. The second-order valence-electron chi connectivity index (χ2n) is 5.48. The molecule has 0 aromatic rings. The molecule has 3 aliphatic carbocycles. The topological polar surface area (TPSA) is 33.1 Å². The standard InChI is InChI=1S/C12H21NO/c1-12(2)9-6-8(4-5-14-3)11(13)10(12)7-9/h8-10,13H,4-7H2,1-3H3/t8-,9-,10-/m0/s1. The van der Waals surface area contributed by atoms with E-state index in [1.54, 1.807) is 7.11 Å². The Morgan fingerprint density at radius 3 is 2.64 bits per heavy atom. The maximum atomic E-state index is 8.17. The van der Waals surface area contributed by atoms with Gasteiger partial charge in [-0.15, -0.1) is 0 Å². The van der Waals surface area contributed by atoms with E-state index in [9.17, 15) is 0 Å². The van der Waals surface area contributed by atoms with E-state index in [4.69, 9.17) is 10.1 Å². The number of rotatable bonds is 3. The van der Waals surface area contributed by atoms with Crippen LogP contribution < -0.4 is 0 Å². The highest BCUT2D eigenvalue weighted by Crippen LogP contribution is 2.59. The summed E-state index contributed by atoms with van der Waals surface area (Å²) >= 11 is 0. The molecule has 2 heteroatoms. The number of hydrogen-bond acceptors (Lipinski definition) is 2. The van der Waals surface area contributed by atoms with Crippen molar-refractivity contribution in [2.24, 2.45) is 23.2 Å². The van der Waals surface area contributed by atoms with Crippen molar-refractivity contribution in [3.8, 4) is 0 Å². The van der Waals surface area contributed by atoms with E-state index in [0.717, 1.165) is 24.7 Å². The first-order valence-corrected chi connectivity index (χ1v) is 5.64. The minimum absolute atomic E-state index is 0.417. The molecule has 3 fully saturated rings. The van der Waals surface area contributed by atoms with Crippen molar-refractivity contribution in [1.82, 2.24) is 0 Å². The van der Waals surface area contributed by atoms with Crippen molar-refractivity contribution < 1.29 is 4.74 Å². The number of hydrogen-bond donors (Lipinski definition) is 1. The molecule has 3 saturated carbocycles. The van der Waals surface area contributed by atoms with Gasteiger partial charge in [0.1, 0.15) is 0 Å². The number of nitrogens with one attached hydrogen (secondary N) is 1. The summed E-state index contributed by atoms with van der Waals surface area (Å²) < 4.78 is 5.10. The largest absolute Gasteiger partial charge is 0.385 e. The number of ether oxygens (including phenoxy) is 1. The highest BCUT2D eigenvalue weighted by Gasteiger charge is 2.55. The van der Waals surface area contributed by atoms with Gasteiger partial charge in [0, 0.05) is 25.3 Å². The Kier molecular flexibility index (Phi) is 2.42. The minimum Gasteiger partial charge on any atom is -0.385 e. The van der Waals surface area contributed by atoms with E-state index in [2.05, 4.69) is 13.8 Å². The van der Waals surface area contributed by atoms with E-state index in [0.29, 0.717) is 17.3 Å². The van der Waals surface area contributed by atoms with E-state index in [1.165, 1.54) is 12.8 Å². The molecule has 3 rings (SSSR count). The minimum atomic E-state index is 0.417. The summed E-state index contributed by atoms with van der Waals surface area (Å²) in [5.74, 6) is 1.96. The van der Waals surface area contributed by atoms with Crippen LogP contribution in [0.3, 0.4) is 0 Å². The van der Waals surface area contributed by atoms with Gasteiger partial charge in [0.05, 0.1) is 0 Å². The molecule has 0 spiro atoms. The molecule has 80 valence electrons. The third-order valence-electron chi connectivity index (χ3n) is 4.53. The summed E-state index contributed by atoms with van der Waals surface area (Å²) in [5.41, 5.74) is 1.43. The van der Waals surface area contributed by atoms with Crippen LogP contribution in [0.5, 0.6) is 0 Å². The molecule has 0 aromatic carbocycles. The second kappa shape index (κ2) is 3.34. The number of fused-ring (bicyclic) bond motifs is 2. The van der Waals surface area contributed by atoms with Crippen molar-refractivity contribution in [2.75, 3.05) is 13.7 Å². The van der Waals surface area contributed by atoms with Gasteiger partial charge in [-0.05, 0) is 36.5 Å². The van der Waals surface area contributed by atoms with Gasteiger partial charge in [0.2, 0.25) is 0 Å². The molecule has 3 atom stereocenters. The van der Waals surface area contributed by atoms with Gasteiger partial charge in [-0.1, -0.05) is 13.8 Å². The van der Waals surface area contributed by atoms with Crippen LogP contribution in [0.4, 0.5) is 0 Å². The van der Waals surface area contributed by atoms with Crippen LogP contribution in [0.25, 0.3) is 0 Å². The summed E-state index contributed by atoms with van der Waals surface area (Å²) in [6, 6.07) is 0. The molecule has 1 N–H and O–H groups in total. The van der Waals surface area contributed by atoms with Gasteiger partial charge < -0.3 is 10.1 Å². The fourth-order valence-corrected chi connectivity index (χ4v) is 3.23. The average molecular weight is 195 g/mol. The molecule has 2 nitrogen and oxygen atoms in total. The van der Waals surface area contributed by atoms with E-state index >= 15 is 0 Å². The summed E-state index contributed by atoms with van der Waals surface area (Å²) in [7, 11) is 1.75. The molecule has 0 aromatic heterocycles. The quantitative estimate of drug-likeness (QED) is 0.738. The van der Waals surface area contributed by atoms with Crippen LogP contribution in [0.15, 0.2) is 0 Å². The molecule has 0 heterocycles. The van der Waals surface area contributed by atoms with Gasteiger partial charge in [-0.3, -0.25) is 0 Å². The smallest absolute Gasteiger partial charge is 0.0468 e. The average Bonchev–Trinajstić information content (AvgIpc) is 2.15. The van der Waals surface area contributed by atoms with Crippen molar-refractivity contribution in [2.45, 2.75) is 33.1 Å². The van der Waals surface area contributed by atoms with Crippen LogP contribution >= 0.6 is 0 Å². The zero-order valence-corrected chi connectivity index (χ0v) is 9.47. The molecular formula is C12H21NO. The van der Waals surface area contributed by atoms with Gasteiger partial charge in [-0.2, -0.15) is 0 Å². The molecule has 0 aliphatic heterocycles. The van der Waals surface area contributed by atoms with Gasteiger partial charge in [0.15, 0.2) is 0 Å². The predicted octanol–water partition coefficient (Wildman–Crippen LogP) is 2.72. The van der Waals surface area contributed by atoms with Gasteiger partial charge in [-0.25, -0.2) is 0 Å². The summed E-state index contributed by atoms with van der Waals surface area (Å²) in [4.78, 5) is 0. The lowest BCUT2D eigenvalue weighted by molar-refractivity contribution is -0.0179. The fraction of sp³-hybridized carbons (Fsp3) is 0.917. The Bertz CT molecular complexity index is 247.